The average Bonchev–Trinajstić information content (AvgIpc) is 2.63. The first-order valence-electron chi connectivity index (χ1n) is 10.0. The van der Waals surface area contributed by atoms with Gasteiger partial charge in [-0.3, -0.25) is 0 Å². The average molecular weight is 347 g/mol. The van der Waals surface area contributed by atoms with Gasteiger partial charge in [0.15, 0.2) is 11.5 Å². The summed E-state index contributed by atoms with van der Waals surface area (Å²) in [4.78, 5) is 0. The van der Waals surface area contributed by atoms with Crippen molar-refractivity contribution in [2.24, 2.45) is 0 Å². The van der Waals surface area contributed by atoms with Crippen molar-refractivity contribution >= 4 is 0 Å². The molecule has 0 saturated heterocycles. The molecule has 1 N–H and O–H groups in total. The molecule has 0 amide bonds. The third-order valence-electron chi connectivity index (χ3n) is 4.02. The zero-order chi connectivity index (χ0) is 20.6. The molecule has 0 fully saturated rings. The lowest BCUT2D eigenvalue weighted by Crippen LogP contribution is -2.17. The van der Waals surface area contributed by atoms with E-state index in [4.69, 9.17) is 18.3 Å². The Bertz CT molecular complexity index is 747. The molecule has 25 heavy (non-hydrogen) atoms. The maximum atomic E-state index is 10.1. The van der Waals surface area contributed by atoms with E-state index in [1.807, 2.05) is 37.3 Å². The summed E-state index contributed by atoms with van der Waals surface area (Å²) >= 11 is 0. The quantitative estimate of drug-likeness (QED) is 0.656. The standard InChI is InChI=1S/C21H28O4/c1-16-7-6-10-19(13-16)25-15-18(22)9-5-4-8-17-11-12-20(23-2)21(14-17)24-3/h6-7,10-14,18,22H,4-5,8-9,15H2,1-3H3/i2D3. The van der Waals surface area contributed by atoms with Crippen molar-refractivity contribution in [1.29, 1.82) is 0 Å². The van der Waals surface area contributed by atoms with Crippen LogP contribution < -0.4 is 14.2 Å². The molecule has 1 atom stereocenters. The molecule has 4 nitrogen and oxygen atoms in total. The van der Waals surface area contributed by atoms with Crippen molar-refractivity contribution < 1.29 is 23.4 Å². The number of aliphatic hydroxyl groups is 1. The first-order valence-corrected chi connectivity index (χ1v) is 8.50. The third-order valence-corrected chi connectivity index (χ3v) is 4.02. The summed E-state index contributed by atoms with van der Waals surface area (Å²) in [7, 11) is -1.03. The van der Waals surface area contributed by atoms with E-state index in [0.29, 0.717) is 12.2 Å². The second-order valence-electron chi connectivity index (χ2n) is 6.11. The van der Waals surface area contributed by atoms with Crippen molar-refractivity contribution in [2.75, 3.05) is 20.8 Å². The Labute approximate surface area is 154 Å². The second-order valence-corrected chi connectivity index (χ2v) is 6.11. The van der Waals surface area contributed by atoms with Gasteiger partial charge in [-0.25, -0.2) is 0 Å². The molecular formula is C21H28O4. The molecule has 0 radical (unpaired) electrons. The molecule has 0 aliphatic rings. The van der Waals surface area contributed by atoms with Gasteiger partial charge >= 0.3 is 0 Å². The van der Waals surface area contributed by atoms with Crippen LogP contribution >= 0.6 is 0 Å². The monoisotopic (exact) mass is 347 g/mol. The SMILES string of the molecule is [2H]C([2H])([2H])Oc1ccc(CCCCC(O)COc2cccc(C)c2)cc1OC. The lowest BCUT2D eigenvalue weighted by atomic mass is 10.0. The largest absolute Gasteiger partial charge is 0.493 e. The van der Waals surface area contributed by atoms with E-state index in [2.05, 4.69) is 0 Å². The predicted octanol–water partition coefficient (Wildman–Crippen LogP) is 4.16. The molecule has 0 heterocycles. The number of rotatable bonds is 10. The van der Waals surface area contributed by atoms with Crippen molar-refractivity contribution in [3.05, 3.63) is 53.6 Å². The maximum Gasteiger partial charge on any atom is 0.160 e. The highest BCUT2D eigenvalue weighted by Gasteiger charge is 2.07. The van der Waals surface area contributed by atoms with Crippen molar-refractivity contribution in [2.45, 2.75) is 38.7 Å². The van der Waals surface area contributed by atoms with Gasteiger partial charge in [0.05, 0.1) is 24.4 Å². The highest BCUT2D eigenvalue weighted by Crippen LogP contribution is 2.28. The molecule has 1 unspecified atom stereocenters. The Balaban J connectivity index is 1.73. The summed E-state index contributed by atoms with van der Waals surface area (Å²) in [5, 5.41) is 10.1. The van der Waals surface area contributed by atoms with Crippen LogP contribution in [0.15, 0.2) is 42.5 Å². The molecule has 2 rings (SSSR count). The van der Waals surface area contributed by atoms with E-state index in [1.54, 1.807) is 12.1 Å². The van der Waals surface area contributed by atoms with E-state index in [9.17, 15) is 5.11 Å². The molecule has 0 aromatic heterocycles. The molecule has 0 aliphatic carbocycles. The van der Waals surface area contributed by atoms with Gasteiger partial charge in [-0.05, 0) is 61.6 Å². The predicted molar refractivity (Wildman–Crippen MR) is 99.8 cm³/mol. The number of aryl methyl sites for hydroxylation is 2. The van der Waals surface area contributed by atoms with Gasteiger partial charge in [-0.1, -0.05) is 24.6 Å². The number of hydrogen-bond acceptors (Lipinski definition) is 4. The van der Waals surface area contributed by atoms with Crippen LogP contribution in [0, 0.1) is 6.92 Å². The number of aliphatic hydroxyl groups excluding tert-OH is 1. The minimum atomic E-state index is -2.51. The Hall–Kier alpha value is -2.20. The fourth-order valence-corrected chi connectivity index (χ4v) is 2.64. The number of hydrogen-bond donors (Lipinski definition) is 1. The summed E-state index contributed by atoms with van der Waals surface area (Å²) in [5.41, 5.74) is 2.15. The van der Waals surface area contributed by atoms with Gasteiger partial charge in [0.25, 0.3) is 0 Å². The van der Waals surface area contributed by atoms with Crippen molar-refractivity contribution in [1.82, 2.24) is 0 Å². The molecule has 0 bridgehead atoms. The van der Waals surface area contributed by atoms with Gasteiger partial charge in [0, 0.05) is 0 Å². The fourth-order valence-electron chi connectivity index (χ4n) is 2.64. The molecule has 2 aromatic rings. The van der Waals surface area contributed by atoms with Crippen LogP contribution in [-0.2, 0) is 6.42 Å². The second kappa shape index (κ2) is 9.94. The van der Waals surface area contributed by atoms with Gasteiger partial charge in [0.1, 0.15) is 12.4 Å². The highest BCUT2D eigenvalue weighted by molar-refractivity contribution is 5.42. The Morgan fingerprint density at radius 3 is 2.72 bits per heavy atom. The van der Waals surface area contributed by atoms with Crippen molar-refractivity contribution in [3.63, 3.8) is 0 Å². The third kappa shape index (κ3) is 6.31. The van der Waals surface area contributed by atoms with E-state index in [1.165, 1.54) is 7.11 Å². The van der Waals surface area contributed by atoms with Crippen molar-refractivity contribution in [3.8, 4) is 17.2 Å². The lowest BCUT2D eigenvalue weighted by molar-refractivity contribution is 0.0976. The zero-order valence-electron chi connectivity index (χ0n) is 17.8. The van der Waals surface area contributed by atoms with Crippen LogP contribution in [0.2, 0.25) is 0 Å². The number of unbranched alkanes of at least 4 members (excludes halogenated alkanes) is 1. The molecule has 4 heteroatoms. The highest BCUT2D eigenvalue weighted by atomic mass is 16.5. The number of benzene rings is 2. The molecule has 136 valence electrons. The normalized spacial score (nSPS) is 14.1. The summed E-state index contributed by atoms with van der Waals surface area (Å²) in [6, 6.07) is 13.0. The van der Waals surface area contributed by atoms with Crippen LogP contribution in [0.4, 0.5) is 0 Å². The van der Waals surface area contributed by atoms with Crippen LogP contribution in [0.5, 0.6) is 17.2 Å². The van der Waals surface area contributed by atoms with E-state index in [-0.39, 0.29) is 12.4 Å². The maximum absolute atomic E-state index is 10.1. The summed E-state index contributed by atoms with van der Waals surface area (Å²) < 4.78 is 37.4. The molecule has 2 aromatic carbocycles. The summed E-state index contributed by atoms with van der Waals surface area (Å²) in [6.07, 6.45) is 2.70. The summed E-state index contributed by atoms with van der Waals surface area (Å²) in [5.74, 6) is 1.38. The van der Waals surface area contributed by atoms with Crippen LogP contribution in [0.3, 0.4) is 0 Å². The smallest absolute Gasteiger partial charge is 0.160 e. The van der Waals surface area contributed by atoms with E-state index in [0.717, 1.165) is 36.1 Å². The van der Waals surface area contributed by atoms with E-state index < -0.39 is 13.1 Å². The zero-order valence-corrected chi connectivity index (χ0v) is 14.8. The van der Waals surface area contributed by atoms with E-state index >= 15 is 0 Å². The van der Waals surface area contributed by atoms with Gasteiger partial charge in [-0.15, -0.1) is 0 Å². The number of methoxy groups -OCH3 is 2. The Kier molecular flexibility index (Phi) is 6.00. The minimum absolute atomic E-state index is 0.204. The number of ether oxygens (including phenoxy) is 3. The van der Waals surface area contributed by atoms with Gasteiger partial charge in [0.2, 0.25) is 0 Å². The summed E-state index contributed by atoms with van der Waals surface area (Å²) in [6.45, 7) is 2.28. The van der Waals surface area contributed by atoms with Crippen LogP contribution in [0.25, 0.3) is 0 Å². The fraction of sp³-hybridized carbons (Fsp3) is 0.429. The van der Waals surface area contributed by atoms with Gasteiger partial charge in [-0.2, -0.15) is 0 Å². The first kappa shape index (κ1) is 15.1. The molecule has 0 spiro atoms. The molecular weight excluding hydrogens is 316 g/mol. The topological polar surface area (TPSA) is 47.9 Å². The van der Waals surface area contributed by atoms with Gasteiger partial charge < -0.3 is 19.3 Å². The first-order chi connectivity index (χ1) is 13.3. The minimum Gasteiger partial charge on any atom is -0.493 e. The lowest BCUT2D eigenvalue weighted by Gasteiger charge is -2.13. The van der Waals surface area contributed by atoms with Crippen LogP contribution in [0.1, 0.15) is 34.5 Å². The Morgan fingerprint density at radius 2 is 1.96 bits per heavy atom. The molecule has 0 saturated carbocycles. The molecule has 0 aliphatic heterocycles. The van der Waals surface area contributed by atoms with Crippen LogP contribution in [-0.4, -0.2) is 32.0 Å². The Morgan fingerprint density at radius 1 is 1.08 bits per heavy atom.